The fourth-order valence-corrected chi connectivity index (χ4v) is 5.23. The molecule has 0 spiro atoms. The Bertz CT molecular complexity index is 1100. The molecule has 2 aliphatic heterocycles. The minimum absolute atomic E-state index is 0.105. The molecule has 2 bridgehead atoms. The Labute approximate surface area is 175 Å². The second kappa shape index (κ2) is 7.72. The van der Waals surface area contributed by atoms with E-state index in [1.165, 1.54) is 5.56 Å². The summed E-state index contributed by atoms with van der Waals surface area (Å²) in [6.07, 6.45) is 1.93. The van der Waals surface area contributed by atoms with Gasteiger partial charge in [0.1, 0.15) is 11.6 Å². The number of nitrogens with zero attached hydrogens (tertiary/aromatic N) is 4. The van der Waals surface area contributed by atoms with Gasteiger partial charge in [0.2, 0.25) is 0 Å². The van der Waals surface area contributed by atoms with Crippen LogP contribution in [0.3, 0.4) is 0 Å². The van der Waals surface area contributed by atoms with Gasteiger partial charge in [0.25, 0.3) is 5.56 Å². The Morgan fingerprint density at radius 1 is 1.20 bits per heavy atom. The number of pyridine rings is 1. The first-order valence-electron chi connectivity index (χ1n) is 10.6. The van der Waals surface area contributed by atoms with Gasteiger partial charge in [-0.2, -0.15) is 5.10 Å². The van der Waals surface area contributed by atoms with E-state index < -0.39 is 0 Å². The monoisotopic (exact) mass is 405 g/mol. The van der Waals surface area contributed by atoms with E-state index in [2.05, 4.69) is 42.8 Å². The lowest BCUT2D eigenvalue weighted by Gasteiger charge is -2.47. The van der Waals surface area contributed by atoms with Crippen molar-refractivity contribution in [2.45, 2.75) is 38.3 Å². The molecule has 2 aromatic heterocycles. The normalized spacial score (nSPS) is 23.2. The van der Waals surface area contributed by atoms with E-state index in [0.29, 0.717) is 11.8 Å². The van der Waals surface area contributed by atoms with Gasteiger partial charge in [0, 0.05) is 36.8 Å². The predicted molar refractivity (Wildman–Crippen MR) is 114 cm³/mol. The van der Waals surface area contributed by atoms with E-state index in [4.69, 9.17) is 4.74 Å². The number of rotatable bonds is 5. The minimum Gasteiger partial charge on any atom is -0.497 e. The third-order valence-electron chi connectivity index (χ3n) is 6.46. The van der Waals surface area contributed by atoms with E-state index in [1.54, 1.807) is 13.2 Å². The Morgan fingerprint density at radius 3 is 2.87 bits per heavy atom. The molecule has 5 rings (SSSR count). The Hall–Kier alpha value is -2.93. The summed E-state index contributed by atoms with van der Waals surface area (Å²) in [5.74, 6) is 3.30. The number of piperidine rings is 1. The number of fused-ring (bicyclic) bond motifs is 4. The van der Waals surface area contributed by atoms with E-state index >= 15 is 0 Å². The van der Waals surface area contributed by atoms with Crippen LogP contribution in [0.25, 0.3) is 0 Å². The van der Waals surface area contributed by atoms with Crippen molar-refractivity contribution in [1.29, 1.82) is 0 Å². The lowest BCUT2D eigenvalue weighted by atomic mass is 9.76. The summed E-state index contributed by atoms with van der Waals surface area (Å²) in [6, 6.07) is 14.0. The van der Waals surface area contributed by atoms with Crippen LogP contribution in [0.5, 0.6) is 5.75 Å². The summed E-state index contributed by atoms with van der Waals surface area (Å²) in [5, 5.41) is 7.26. The molecule has 3 aromatic rings. The van der Waals surface area contributed by atoms with Crippen molar-refractivity contribution in [2.24, 2.45) is 5.92 Å². The first kappa shape index (κ1) is 19.1. The number of aryl methyl sites for hydroxylation is 1. The van der Waals surface area contributed by atoms with Gasteiger partial charge in [-0.15, -0.1) is 0 Å². The van der Waals surface area contributed by atoms with Gasteiger partial charge < -0.3 is 9.30 Å². The van der Waals surface area contributed by atoms with E-state index in [1.807, 2.05) is 25.1 Å². The molecule has 2 aliphatic rings. The Kier molecular flexibility index (Phi) is 4.90. The number of H-pyrrole nitrogens is 1. The molecule has 1 aromatic carbocycles. The smallest absolute Gasteiger partial charge is 0.251 e. The minimum atomic E-state index is 0.105. The largest absolute Gasteiger partial charge is 0.497 e. The van der Waals surface area contributed by atoms with Crippen LogP contribution in [0.15, 0.2) is 47.3 Å². The number of likely N-dealkylation sites (tertiary alicyclic amines) is 1. The number of benzene rings is 1. The number of methoxy groups -OCH3 is 1. The van der Waals surface area contributed by atoms with E-state index in [9.17, 15) is 4.79 Å². The molecule has 0 radical (unpaired) electrons. The zero-order valence-corrected chi connectivity index (χ0v) is 17.4. The molecule has 156 valence electrons. The fourth-order valence-electron chi connectivity index (χ4n) is 5.23. The maximum absolute atomic E-state index is 12.9. The standard InChI is InChI=1S/C23H27N5O2/c1-15-24-22(26-25-15)14-27-12-17-11-18(13-27)21(28-20(17)7-4-8-23(28)29)10-16-5-3-6-19(9-16)30-2/h3-9,17-18,21H,10-14H2,1-2H3,(H,24,25,26)/t17-,18+,21+/m1/s1. The third kappa shape index (κ3) is 3.54. The summed E-state index contributed by atoms with van der Waals surface area (Å²) in [6.45, 7) is 4.54. The van der Waals surface area contributed by atoms with Gasteiger partial charge in [0.05, 0.1) is 13.7 Å². The molecule has 0 amide bonds. The fraction of sp³-hybridized carbons (Fsp3) is 0.435. The topological polar surface area (TPSA) is 76.0 Å². The van der Waals surface area contributed by atoms with Crippen LogP contribution in [-0.4, -0.2) is 44.8 Å². The summed E-state index contributed by atoms with van der Waals surface area (Å²) < 4.78 is 7.47. The third-order valence-corrected chi connectivity index (χ3v) is 6.46. The van der Waals surface area contributed by atoms with Crippen molar-refractivity contribution in [1.82, 2.24) is 24.6 Å². The van der Waals surface area contributed by atoms with Crippen molar-refractivity contribution in [2.75, 3.05) is 20.2 Å². The zero-order valence-electron chi connectivity index (χ0n) is 17.4. The van der Waals surface area contributed by atoms with Crippen molar-refractivity contribution >= 4 is 0 Å². The number of hydrogen-bond acceptors (Lipinski definition) is 5. The molecule has 0 aliphatic carbocycles. The van der Waals surface area contributed by atoms with Gasteiger partial charge in [-0.3, -0.25) is 14.8 Å². The molecule has 1 saturated heterocycles. The SMILES string of the molecule is COc1cccc(C[C@H]2[C@H]3C[C@H](CN(Cc4n[nH]c(C)n4)C3)c3cccc(=O)n32)c1. The zero-order chi connectivity index (χ0) is 20.7. The highest BCUT2D eigenvalue weighted by atomic mass is 16.5. The Balaban J connectivity index is 1.48. The van der Waals surface area contributed by atoms with E-state index in [-0.39, 0.29) is 11.6 Å². The van der Waals surface area contributed by atoms with Gasteiger partial charge in [0.15, 0.2) is 5.82 Å². The maximum Gasteiger partial charge on any atom is 0.251 e. The maximum atomic E-state index is 12.9. The van der Waals surface area contributed by atoms with Crippen LogP contribution in [0.4, 0.5) is 0 Å². The van der Waals surface area contributed by atoms with E-state index in [0.717, 1.165) is 55.6 Å². The molecule has 1 N–H and O–H groups in total. The molecular weight excluding hydrogens is 378 g/mol. The first-order chi connectivity index (χ1) is 14.6. The number of ether oxygens (including phenoxy) is 1. The predicted octanol–water partition coefficient (Wildman–Crippen LogP) is 2.69. The quantitative estimate of drug-likeness (QED) is 0.706. The highest BCUT2D eigenvalue weighted by molar-refractivity contribution is 5.30. The highest BCUT2D eigenvalue weighted by Gasteiger charge is 2.40. The van der Waals surface area contributed by atoms with Crippen LogP contribution in [-0.2, 0) is 13.0 Å². The van der Waals surface area contributed by atoms with Crippen LogP contribution in [0.2, 0.25) is 0 Å². The highest BCUT2D eigenvalue weighted by Crippen LogP contribution is 2.42. The number of aromatic nitrogens is 4. The summed E-state index contributed by atoms with van der Waals surface area (Å²) in [4.78, 5) is 19.8. The molecule has 1 fully saturated rings. The first-order valence-corrected chi connectivity index (χ1v) is 10.6. The van der Waals surface area contributed by atoms with Crippen molar-refractivity contribution < 1.29 is 4.74 Å². The van der Waals surface area contributed by atoms with Gasteiger partial charge in [-0.1, -0.05) is 18.2 Å². The summed E-state index contributed by atoms with van der Waals surface area (Å²) >= 11 is 0. The van der Waals surface area contributed by atoms with Crippen LogP contribution in [0.1, 0.15) is 41.3 Å². The molecular formula is C23H27N5O2. The molecule has 4 heterocycles. The van der Waals surface area contributed by atoms with Crippen LogP contribution < -0.4 is 10.3 Å². The van der Waals surface area contributed by atoms with Crippen molar-refractivity contribution in [3.8, 4) is 5.75 Å². The number of hydrogen-bond donors (Lipinski definition) is 1. The van der Waals surface area contributed by atoms with Gasteiger partial charge in [-0.05, 0) is 49.4 Å². The lowest BCUT2D eigenvalue weighted by molar-refractivity contribution is 0.0835. The van der Waals surface area contributed by atoms with Crippen LogP contribution in [0, 0.1) is 12.8 Å². The Morgan fingerprint density at radius 2 is 2.07 bits per heavy atom. The van der Waals surface area contributed by atoms with Gasteiger partial charge >= 0.3 is 0 Å². The average Bonchev–Trinajstić information content (AvgIpc) is 3.16. The number of aromatic amines is 1. The van der Waals surface area contributed by atoms with Crippen molar-refractivity contribution in [3.63, 3.8) is 0 Å². The number of nitrogens with one attached hydrogen (secondary N) is 1. The second-order valence-corrected chi connectivity index (χ2v) is 8.51. The average molecular weight is 406 g/mol. The molecule has 7 heteroatoms. The molecule has 0 unspecified atom stereocenters. The summed E-state index contributed by atoms with van der Waals surface area (Å²) in [7, 11) is 1.69. The van der Waals surface area contributed by atoms with Crippen LogP contribution >= 0.6 is 0 Å². The molecule has 7 nitrogen and oxygen atoms in total. The second-order valence-electron chi connectivity index (χ2n) is 8.51. The molecule has 0 saturated carbocycles. The molecule has 30 heavy (non-hydrogen) atoms. The van der Waals surface area contributed by atoms with Gasteiger partial charge in [-0.25, -0.2) is 4.98 Å². The summed E-state index contributed by atoms with van der Waals surface area (Å²) in [5.41, 5.74) is 2.46. The lowest BCUT2D eigenvalue weighted by Crippen LogP contribution is -2.49. The molecule has 3 atom stereocenters. The van der Waals surface area contributed by atoms with Crippen molar-refractivity contribution in [3.05, 3.63) is 75.7 Å².